The highest BCUT2D eigenvalue weighted by atomic mass is 16.1. The molecular weight excluding hydrogens is 174 g/mol. The average molecular weight is 189 g/mol. The van der Waals surface area contributed by atoms with Crippen LogP contribution < -0.4 is 5.73 Å². The highest BCUT2D eigenvalue weighted by Gasteiger charge is 2.03. The van der Waals surface area contributed by atoms with Gasteiger partial charge in [0.1, 0.15) is 5.78 Å². The molecule has 0 aliphatic carbocycles. The standard InChI is InChI=1S/C12H15NO/c1-9(2)6-12(14)8-10-4-3-5-11(13)7-10/h3-5,7H,1,6,8,13H2,2H3. The van der Waals surface area contributed by atoms with Gasteiger partial charge in [0, 0.05) is 18.5 Å². The lowest BCUT2D eigenvalue weighted by atomic mass is 10.0. The molecular formula is C12H15NO. The summed E-state index contributed by atoms with van der Waals surface area (Å²) in [5.41, 5.74) is 8.18. The first kappa shape index (κ1) is 10.5. The fourth-order valence-electron chi connectivity index (χ4n) is 1.33. The Hall–Kier alpha value is -1.57. The van der Waals surface area contributed by atoms with Gasteiger partial charge in [0.05, 0.1) is 0 Å². The second-order valence-corrected chi connectivity index (χ2v) is 3.59. The summed E-state index contributed by atoms with van der Waals surface area (Å²) in [6, 6.07) is 7.41. The molecule has 74 valence electrons. The second-order valence-electron chi connectivity index (χ2n) is 3.59. The molecule has 0 heterocycles. The molecule has 14 heavy (non-hydrogen) atoms. The number of anilines is 1. The van der Waals surface area contributed by atoms with E-state index >= 15 is 0 Å². The highest BCUT2D eigenvalue weighted by Crippen LogP contribution is 2.09. The van der Waals surface area contributed by atoms with Crippen LogP contribution in [0.2, 0.25) is 0 Å². The van der Waals surface area contributed by atoms with Gasteiger partial charge in [-0.1, -0.05) is 24.3 Å². The number of nitrogens with two attached hydrogens (primary N) is 1. The van der Waals surface area contributed by atoms with Crippen LogP contribution in [0.15, 0.2) is 36.4 Å². The van der Waals surface area contributed by atoms with E-state index in [0.717, 1.165) is 11.1 Å². The first-order valence-corrected chi connectivity index (χ1v) is 4.58. The average Bonchev–Trinajstić information content (AvgIpc) is 2.01. The summed E-state index contributed by atoms with van der Waals surface area (Å²) >= 11 is 0. The van der Waals surface area contributed by atoms with Crippen molar-refractivity contribution < 1.29 is 4.79 Å². The Morgan fingerprint density at radius 3 is 2.79 bits per heavy atom. The third-order valence-corrected chi connectivity index (χ3v) is 1.85. The third kappa shape index (κ3) is 3.44. The van der Waals surface area contributed by atoms with E-state index in [1.807, 2.05) is 31.2 Å². The van der Waals surface area contributed by atoms with E-state index < -0.39 is 0 Å². The van der Waals surface area contributed by atoms with Crippen molar-refractivity contribution in [3.63, 3.8) is 0 Å². The third-order valence-electron chi connectivity index (χ3n) is 1.85. The Labute approximate surface area is 84.4 Å². The number of carbonyl (C=O) groups is 1. The van der Waals surface area contributed by atoms with Gasteiger partial charge in [0.25, 0.3) is 0 Å². The first-order chi connectivity index (χ1) is 6.58. The molecule has 0 unspecified atom stereocenters. The van der Waals surface area contributed by atoms with E-state index in [-0.39, 0.29) is 5.78 Å². The van der Waals surface area contributed by atoms with Crippen molar-refractivity contribution >= 4 is 11.5 Å². The number of hydrogen-bond donors (Lipinski definition) is 1. The molecule has 0 aromatic heterocycles. The van der Waals surface area contributed by atoms with Crippen LogP contribution in [0.3, 0.4) is 0 Å². The minimum Gasteiger partial charge on any atom is -0.399 e. The Kier molecular flexibility index (Phi) is 3.46. The van der Waals surface area contributed by atoms with Gasteiger partial charge in [0.15, 0.2) is 0 Å². The Balaban J connectivity index is 2.60. The van der Waals surface area contributed by atoms with Gasteiger partial charge >= 0.3 is 0 Å². The van der Waals surface area contributed by atoms with Gasteiger partial charge in [-0.15, -0.1) is 0 Å². The van der Waals surface area contributed by atoms with Crippen molar-refractivity contribution in [1.29, 1.82) is 0 Å². The highest BCUT2D eigenvalue weighted by molar-refractivity contribution is 5.83. The minimum atomic E-state index is 0.183. The van der Waals surface area contributed by atoms with E-state index in [1.54, 1.807) is 0 Å². The van der Waals surface area contributed by atoms with Gasteiger partial charge in [0.2, 0.25) is 0 Å². The number of ketones is 1. The summed E-state index contributed by atoms with van der Waals surface area (Å²) in [5.74, 6) is 0.183. The van der Waals surface area contributed by atoms with Crippen LogP contribution in [0.4, 0.5) is 5.69 Å². The zero-order valence-corrected chi connectivity index (χ0v) is 8.42. The summed E-state index contributed by atoms with van der Waals surface area (Å²) in [5, 5.41) is 0. The second kappa shape index (κ2) is 4.61. The maximum Gasteiger partial charge on any atom is 0.141 e. The van der Waals surface area contributed by atoms with Crippen LogP contribution in [0, 0.1) is 0 Å². The molecule has 2 heteroatoms. The van der Waals surface area contributed by atoms with Crippen LogP contribution in [0.1, 0.15) is 18.9 Å². The normalized spacial score (nSPS) is 9.79. The molecule has 0 fully saturated rings. The van der Waals surface area contributed by atoms with Crippen molar-refractivity contribution in [2.24, 2.45) is 0 Å². The van der Waals surface area contributed by atoms with Crippen molar-refractivity contribution in [2.45, 2.75) is 19.8 Å². The molecule has 0 aliphatic rings. The van der Waals surface area contributed by atoms with Gasteiger partial charge in [-0.25, -0.2) is 0 Å². The maximum atomic E-state index is 11.4. The fourth-order valence-corrected chi connectivity index (χ4v) is 1.33. The molecule has 0 atom stereocenters. The lowest BCUT2D eigenvalue weighted by Crippen LogP contribution is -2.03. The molecule has 1 aromatic carbocycles. The van der Waals surface area contributed by atoms with Gasteiger partial charge < -0.3 is 5.73 Å². The van der Waals surface area contributed by atoms with Crippen molar-refractivity contribution in [3.05, 3.63) is 42.0 Å². The number of carbonyl (C=O) groups excluding carboxylic acids is 1. The van der Waals surface area contributed by atoms with Crippen LogP contribution in [0.5, 0.6) is 0 Å². The molecule has 0 radical (unpaired) electrons. The quantitative estimate of drug-likeness (QED) is 0.583. The molecule has 0 saturated carbocycles. The molecule has 2 N–H and O–H groups in total. The van der Waals surface area contributed by atoms with E-state index in [1.165, 1.54) is 0 Å². The molecule has 0 bridgehead atoms. The van der Waals surface area contributed by atoms with E-state index in [9.17, 15) is 4.79 Å². The maximum absolute atomic E-state index is 11.4. The molecule has 1 rings (SSSR count). The monoisotopic (exact) mass is 189 g/mol. The summed E-state index contributed by atoms with van der Waals surface area (Å²) in [6.07, 6.45) is 0.896. The lowest BCUT2D eigenvalue weighted by Gasteiger charge is -2.01. The first-order valence-electron chi connectivity index (χ1n) is 4.58. The molecule has 1 aromatic rings. The number of hydrogen-bond acceptors (Lipinski definition) is 2. The molecule has 2 nitrogen and oxygen atoms in total. The Morgan fingerprint density at radius 2 is 2.21 bits per heavy atom. The van der Waals surface area contributed by atoms with Crippen molar-refractivity contribution in [2.75, 3.05) is 5.73 Å². The number of rotatable bonds is 4. The number of nitrogen functional groups attached to an aromatic ring is 1. The number of Topliss-reactive ketones (excluding diaryl/α,β-unsaturated/α-hetero) is 1. The van der Waals surface area contributed by atoms with Gasteiger partial charge in [-0.05, 0) is 24.6 Å². The lowest BCUT2D eigenvalue weighted by molar-refractivity contribution is -0.117. The van der Waals surface area contributed by atoms with Crippen LogP contribution in [0.25, 0.3) is 0 Å². The van der Waals surface area contributed by atoms with Crippen molar-refractivity contribution in [3.8, 4) is 0 Å². The van der Waals surface area contributed by atoms with E-state index in [4.69, 9.17) is 5.73 Å². The molecule has 0 amide bonds. The SMILES string of the molecule is C=C(C)CC(=O)Cc1cccc(N)c1. The van der Waals surface area contributed by atoms with Crippen LogP contribution >= 0.6 is 0 Å². The summed E-state index contributed by atoms with van der Waals surface area (Å²) in [7, 11) is 0. The fraction of sp³-hybridized carbons (Fsp3) is 0.250. The predicted molar refractivity (Wildman–Crippen MR) is 59.0 cm³/mol. The summed E-state index contributed by atoms with van der Waals surface area (Å²) in [6.45, 7) is 5.57. The van der Waals surface area contributed by atoms with Crippen LogP contribution in [-0.2, 0) is 11.2 Å². The largest absolute Gasteiger partial charge is 0.399 e. The number of allylic oxidation sites excluding steroid dienone is 1. The molecule has 0 spiro atoms. The van der Waals surface area contributed by atoms with Gasteiger partial charge in [-0.3, -0.25) is 4.79 Å². The smallest absolute Gasteiger partial charge is 0.141 e. The Morgan fingerprint density at radius 1 is 1.50 bits per heavy atom. The minimum absolute atomic E-state index is 0.183. The van der Waals surface area contributed by atoms with Crippen LogP contribution in [-0.4, -0.2) is 5.78 Å². The van der Waals surface area contributed by atoms with E-state index in [2.05, 4.69) is 6.58 Å². The molecule has 0 aliphatic heterocycles. The van der Waals surface area contributed by atoms with Crippen molar-refractivity contribution in [1.82, 2.24) is 0 Å². The topological polar surface area (TPSA) is 43.1 Å². The predicted octanol–water partition coefficient (Wildman–Crippen LogP) is 2.35. The Bertz CT molecular complexity index is 355. The molecule has 0 saturated heterocycles. The summed E-state index contributed by atoms with van der Waals surface area (Å²) in [4.78, 5) is 11.4. The number of benzene rings is 1. The zero-order chi connectivity index (χ0) is 10.6. The zero-order valence-electron chi connectivity index (χ0n) is 8.42. The summed E-state index contributed by atoms with van der Waals surface area (Å²) < 4.78 is 0. The van der Waals surface area contributed by atoms with E-state index in [0.29, 0.717) is 18.5 Å². The van der Waals surface area contributed by atoms with Gasteiger partial charge in [-0.2, -0.15) is 0 Å².